The molecule has 1 aromatic heterocycles. The zero-order chi connectivity index (χ0) is 18.9. The molecule has 0 radical (unpaired) electrons. The molecule has 0 atom stereocenters. The summed E-state index contributed by atoms with van der Waals surface area (Å²) >= 11 is 1.08. The first-order valence-corrected chi connectivity index (χ1v) is 9.28. The monoisotopic (exact) mass is 382 g/mol. The van der Waals surface area contributed by atoms with Gasteiger partial charge in [0.25, 0.3) is 5.22 Å². The number of carbonyl (C=O) groups excluding carboxylic acids is 2. The Balaban J connectivity index is 1.39. The minimum Gasteiger partial charge on any atom is -0.416 e. The van der Waals surface area contributed by atoms with Gasteiger partial charge in [-0.05, 0) is 11.1 Å². The van der Waals surface area contributed by atoms with E-state index in [2.05, 4.69) is 20.8 Å². The van der Waals surface area contributed by atoms with Gasteiger partial charge in [-0.3, -0.25) is 10.1 Å². The van der Waals surface area contributed by atoms with E-state index in [1.54, 1.807) is 0 Å². The lowest BCUT2D eigenvalue weighted by Crippen LogP contribution is -2.39. The van der Waals surface area contributed by atoms with Gasteiger partial charge in [-0.25, -0.2) is 4.79 Å². The molecule has 2 N–H and O–H groups in total. The fourth-order valence-electron chi connectivity index (χ4n) is 2.25. The number of amides is 3. The number of aromatic nitrogens is 2. The van der Waals surface area contributed by atoms with Gasteiger partial charge in [0.05, 0.1) is 12.2 Å². The summed E-state index contributed by atoms with van der Waals surface area (Å²) < 4.78 is 5.51. The van der Waals surface area contributed by atoms with Gasteiger partial charge in [0, 0.05) is 6.54 Å². The van der Waals surface area contributed by atoms with Crippen LogP contribution in [0, 0.1) is 0 Å². The van der Waals surface area contributed by atoms with Crippen molar-refractivity contribution < 1.29 is 14.0 Å². The first-order chi connectivity index (χ1) is 13.2. The molecule has 3 aromatic rings. The summed E-state index contributed by atoms with van der Waals surface area (Å²) in [5.74, 6) is 0.0456. The topological polar surface area (TPSA) is 97.1 Å². The molecule has 8 heteroatoms. The predicted octanol–water partition coefficient (Wildman–Crippen LogP) is 2.78. The van der Waals surface area contributed by atoms with E-state index < -0.39 is 11.9 Å². The second-order valence-corrected chi connectivity index (χ2v) is 6.56. The number of thioether (sulfide) groups is 1. The zero-order valence-electron chi connectivity index (χ0n) is 14.4. The van der Waals surface area contributed by atoms with Crippen molar-refractivity contribution in [2.24, 2.45) is 0 Å². The van der Waals surface area contributed by atoms with E-state index in [-0.39, 0.29) is 5.75 Å². The number of urea groups is 1. The van der Waals surface area contributed by atoms with Crippen LogP contribution in [0.5, 0.6) is 0 Å². The van der Waals surface area contributed by atoms with Crippen molar-refractivity contribution in [3.63, 3.8) is 0 Å². The summed E-state index contributed by atoms with van der Waals surface area (Å²) in [5, 5.41) is 13.1. The average Bonchev–Trinajstić information content (AvgIpc) is 3.14. The van der Waals surface area contributed by atoms with Crippen LogP contribution < -0.4 is 10.6 Å². The van der Waals surface area contributed by atoms with Crippen LogP contribution >= 0.6 is 11.8 Å². The maximum Gasteiger partial charge on any atom is 0.321 e. The van der Waals surface area contributed by atoms with Crippen LogP contribution in [0.1, 0.15) is 17.0 Å². The van der Waals surface area contributed by atoms with E-state index in [1.165, 1.54) is 0 Å². The number of nitrogens with one attached hydrogen (secondary N) is 2. The Bertz CT molecular complexity index is 884. The van der Waals surface area contributed by atoms with Crippen molar-refractivity contribution >= 4 is 23.7 Å². The van der Waals surface area contributed by atoms with Crippen molar-refractivity contribution in [3.8, 4) is 0 Å². The van der Waals surface area contributed by atoms with E-state index in [4.69, 9.17) is 4.42 Å². The number of nitrogens with zero attached hydrogens (tertiary/aromatic N) is 2. The highest BCUT2D eigenvalue weighted by atomic mass is 32.2. The van der Waals surface area contributed by atoms with Gasteiger partial charge < -0.3 is 9.73 Å². The van der Waals surface area contributed by atoms with Crippen LogP contribution in [0.4, 0.5) is 4.79 Å². The first kappa shape index (κ1) is 18.7. The van der Waals surface area contributed by atoms with Gasteiger partial charge in [0.2, 0.25) is 11.8 Å². The van der Waals surface area contributed by atoms with Crippen molar-refractivity contribution in [1.29, 1.82) is 0 Å². The van der Waals surface area contributed by atoms with Gasteiger partial charge in [-0.1, -0.05) is 72.4 Å². The van der Waals surface area contributed by atoms with Gasteiger partial charge in [-0.2, -0.15) is 0 Å². The molecular formula is C19H18N4O3S. The standard InChI is InChI=1S/C19H18N4O3S/c24-16(21-18(25)20-12-15-9-5-2-6-10-15)13-27-19-23-22-17(26-19)11-14-7-3-1-4-8-14/h1-10H,11-13H2,(H2,20,21,24,25). The van der Waals surface area contributed by atoms with Crippen molar-refractivity contribution in [3.05, 3.63) is 77.7 Å². The predicted molar refractivity (Wildman–Crippen MR) is 101 cm³/mol. The lowest BCUT2D eigenvalue weighted by atomic mass is 10.2. The summed E-state index contributed by atoms with van der Waals surface area (Å²) in [6.07, 6.45) is 0.530. The van der Waals surface area contributed by atoms with Gasteiger partial charge in [0.1, 0.15) is 0 Å². The number of imide groups is 1. The summed E-state index contributed by atoms with van der Waals surface area (Å²) in [7, 11) is 0. The molecule has 0 aliphatic rings. The fraction of sp³-hybridized carbons (Fsp3) is 0.158. The number of benzene rings is 2. The SMILES string of the molecule is O=C(CSc1nnc(Cc2ccccc2)o1)NC(=O)NCc1ccccc1. The van der Waals surface area contributed by atoms with E-state index in [9.17, 15) is 9.59 Å². The molecule has 2 aromatic carbocycles. The lowest BCUT2D eigenvalue weighted by molar-refractivity contribution is -0.117. The molecule has 0 spiro atoms. The molecule has 0 aliphatic heterocycles. The largest absolute Gasteiger partial charge is 0.416 e. The molecule has 0 bridgehead atoms. The minimum absolute atomic E-state index is 0.00568. The molecule has 0 aliphatic carbocycles. The Labute approximate surface area is 160 Å². The smallest absolute Gasteiger partial charge is 0.321 e. The highest BCUT2D eigenvalue weighted by Crippen LogP contribution is 2.17. The van der Waals surface area contributed by atoms with E-state index in [0.717, 1.165) is 22.9 Å². The maximum atomic E-state index is 11.9. The van der Waals surface area contributed by atoms with Gasteiger partial charge >= 0.3 is 6.03 Å². The molecule has 1 heterocycles. The first-order valence-electron chi connectivity index (χ1n) is 8.30. The normalized spacial score (nSPS) is 10.4. The quantitative estimate of drug-likeness (QED) is 0.610. The molecule has 0 fully saturated rings. The van der Waals surface area contributed by atoms with Gasteiger partial charge in [0.15, 0.2) is 0 Å². The summed E-state index contributed by atoms with van der Waals surface area (Å²) in [6, 6.07) is 18.7. The third-order valence-corrected chi connectivity index (χ3v) is 4.34. The Morgan fingerprint density at radius 1 is 0.926 bits per heavy atom. The molecule has 3 rings (SSSR count). The number of carbonyl (C=O) groups is 2. The van der Waals surface area contributed by atoms with E-state index >= 15 is 0 Å². The van der Waals surface area contributed by atoms with Crippen molar-refractivity contribution in [2.75, 3.05) is 5.75 Å². The third-order valence-electron chi connectivity index (χ3n) is 3.52. The minimum atomic E-state index is -0.542. The Morgan fingerprint density at radius 3 is 2.30 bits per heavy atom. The van der Waals surface area contributed by atoms with Crippen LogP contribution in [-0.4, -0.2) is 27.9 Å². The van der Waals surface area contributed by atoms with Crippen molar-refractivity contribution in [2.45, 2.75) is 18.2 Å². The maximum absolute atomic E-state index is 11.9. The molecule has 0 unspecified atom stereocenters. The Morgan fingerprint density at radius 2 is 1.59 bits per heavy atom. The summed E-state index contributed by atoms with van der Waals surface area (Å²) in [5.41, 5.74) is 2.01. The van der Waals surface area contributed by atoms with Crippen molar-refractivity contribution in [1.82, 2.24) is 20.8 Å². The Kier molecular flexibility index (Phi) is 6.59. The summed E-state index contributed by atoms with van der Waals surface area (Å²) in [4.78, 5) is 23.6. The summed E-state index contributed by atoms with van der Waals surface area (Å²) in [6.45, 7) is 0.347. The Hall–Kier alpha value is -3.13. The van der Waals surface area contributed by atoms with E-state index in [0.29, 0.717) is 24.1 Å². The van der Waals surface area contributed by atoms with Crippen LogP contribution in [0.25, 0.3) is 0 Å². The number of rotatable bonds is 7. The van der Waals surface area contributed by atoms with Crippen LogP contribution in [-0.2, 0) is 17.8 Å². The molecule has 0 saturated heterocycles. The van der Waals surface area contributed by atoms with Crippen LogP contribution in [0.2, 0.25) is 0 Å². The lowest BCUT2D eigenvalue weighted by Gasteiger charge is -2.06. The van der Waals surface area contributed by atoms with E-state index in [1.807, 2.05) is 60.7 Å². The van der Waals surface area contributed by atoms with Crippen LogP contribution in [0.15, 0.2) is 70.3 Å². The fourth-order valence-corrected chi connectivity index (χ4v) is 2.83. The third kappa shape index (κ3) is 6.27. The highest BCUT2D eigenvalue weighted by Gasteiger charge is 2.12. The van der Waals surface area contributed by atoms with Gasteiger partial charge in [-0.15, -0.1) is 10.2 Å². The zero-order valence-corrected chi connectivity index (χ0v) is 15.2. The molecule has 0 saturated carbocycles. The average molecular weight is 382 g/mol. The molecule has 138 valence electrons. The molecule has 27 heavy (non-hydrogen) atoms. The number of hydrogen-bond acceptors (Lipinski definition) is 6. The second-order valence-electron chi connectivity index (χ2n) is 5.63. The molecular weight excluding hydrogens is 364 g/mol. The highest BCUT2D eigenvalue weighted by molar-refractivity contribution is 7.99. The molecule has 3 amide bonds. The second kappa shape index (κ2) is 9.54. The van der Waals surface area contributed by atoms with Crippen LogP contribution in [0.3, 0.4) is 0 Å². The number of hydrogen-bond donors (Lipinski definition) is 2. The molecule has 7 nitrogen and oxygen atoms in total.